The second-order valence-corrected chi connectivity index (χ2v) is 7.86. The molecule has 3 heteroatoms. The third-order valence-corrected chi connectivity index (χ3v) is 4.97. The Labute approximate surface area is 167 Å². The Bertz CT molecular complexity index is 928. The Morgan fingerprint density at radius 3 is 2.36 bits per heavy atom. The van der Waals surface area contributed by atoms with Crippen molar-refractivity contribution in [3.63, 3.8) is 0 Å². The van der Waals surface area contributed by atoms with E-state index >= 15 is 0 Å². The fourth-order valence-corrected chi connectivity index (χ4v) is 3.39. The number of benzene rings is 2. The van der Waals surface area contributed by atoms with Crippen molar-refractivity contribution in [2.24, 2.45) is 0 Å². The van der Waals surface area contributed by atoms with Gasteiger partial charge in [0.1, 0.15) is 17.6 Å². The number of phenolic OH excluding ortho intramolecular Hbond substituents is 1. The molecular weight excluding hydrogens is 348 g/mol. The smallest absolute Gasteiger partial charge is 0.170 e. The van der Waals surface area contributed by atoms with Gasteiger partial charge in [0.15, 0.2) is 5.78 Å². The highest BCUT2D eigenvalue weighted by Gasteiger charge is 2.31. The van der Waals surface area contributed by atoms with Gasteiger partial charge in [-0.3, -0.25) is 4.79 Å². The molecule has 3 rings (SSSR count). The van der Waals surface area contributed by atoms with E-state index in [1.165, 1.54) is 5.57 Å². The van der Waals surface area contributed by atoms with E-state index in [-0.39, 0.29) is 17.6 Å². The number of ether oxygens (including phenoxy) is 1. The van der Waals surface area contributed by atoms with E-state index in [2.05, 4.69) is 12.2 Å². The number of rotatable bonds is 5. The Morgan fingerprint density at radius 2 is 1.71 bits per heavy atom. The first-order chi connectivity index (χ1) is 13.4. The third-order valence-electron chi connectivity index (χ3n) is 4.97. The summed E-state index contributed by atoms with van der Waals surface area (Å²) in [5, 5.41) is 11.0. The van der Waals surface area contributed by atoms with Crippen LogP contribution in [0.4, 0.5) is 0 Å². The number of aromatic hydroxyl groups is 1. The van der Waals surface area contributed by atoms with Crippen LogP contribution < -0.4 is 4.74 Å². The molecule has 0 saturated heterocycles. The molecule has 0 spiro atoms. The summed E-state index contributed by atoms with van der Waals surface area (Å²) in [6.45, 7) is 8.10. The number of carbonyl (C=O) groups excluding carboxylic acids is 1. The van der Waals surface area contributed by atoms with Crippen molar-refractivity contribution in [2.45, 2.75) is 53.1 Å². The predicted octanol–water partition coefficient (Wildman–Crippen LogP) is 6.12. The molecule has 1 N–H and O–H groups in total. The Kier molecular flexibility index (Phi) is 6.03. The summed E-state index contributed by atoms with van der Waals surface area (Å²) in [6, 6.07) is 11.6. The SMILES string of the molecule is CC(C)=CCc1cc2c(c(CC=C(C)C)c1O)O[C@H](c1ccccc1)CC2=O. The Balaban J connectivity index is 2.09. The second-order valence-electron chi connectivity index (χ2n) is 7.86. The molecule has 0 amide bonds. The molecule has 1 aliphatic rings. The van der Waals surface area contributed by atoms with Crippen LogP contribution in [0, 0.1) is 0 Å². The molecule has 0 aliphatic carbocycles. The van der Waals surface area contributed by atoms with Gasteiger partial charge in [-0.2, -0.15) is 0 Å². The fraction of sp³-hybridized carbons (Fsp3) is 0.320. The molecule has 0 radical (unpaired) electrons. The Morgan fingerprint density at radius 1 is 1.07 bits per heavy atom. The minimum Gasteiger partial charge on any atom is -0.507 e. The van der Waals surface area contributed by atoms with Gasteiger partial charge in [-0.05, 0) is 57.7 Å². The monoisotopic (exact) mass is 376 g/mol. The van der Waals surface area contributed by atoms with E-state index in [0.29, 0.717) is 36.1 Å². The lowest BCUT2D eigenvalue weighted by Crippen LogP contribution is -2.22. The van der Waals surface area contributed by atoms with Crippen molar-refractivity contribution >= 4 is 5.78 Å². The quantitative estimate of drug-likeness (QED) is 0.640. The molecule has 2 aromatic carbocycles. The molecule has 0 saturated carbocycles. The summed E-state index contributed by atoms with van der Waals surface area (Å²) in [4.78, 5) is 13.0. The number of Topliss-reactive ketones (excluding diaryl/α,β-unsaturated/α-hetero) is 1. The van der Waals surface area contributed by atoms with Crippen LogP contribution in [0.25, 0.3) is 0 Å². The average molecular weight is 376 g/mol. The lowest BCUT2D eigenvalue weighted by Gasteiger charge is -2.28. The van der Waals surface area contributed by atoms with Gasteiger partial charge in [-0.25, -0.2) is 0 Å². The minimum atomic E-state index is -0.324. The van der Waals surface area contributed by atoms with Crippen molar-refractivity contribution in [3.8, 4) is 11.5 Å². The van der Waals surface area contributed by atoms with Crippen molar-refractivity contribution in [3.05, 3.63) is 82.0 Å². The van der Waals surface area contributed by atoms with Gasteiger partial charge in [0, 0.05) is 5.56 Å². The number of phenols is 1. The topological polar surface area (TPSA) is 46.5 Å². The maximum atomic E-state index is 13.0. The maximum Gasteiger partial charge on any atom is 0.170 e. The third kappa shape index (κ3) is 4.36. The van der Waals surface area contributed by atoms with Gasteiger partial charge >= 0.3 is 0 Å². The van der Waals surface area contributed by atoms with Crippen LogP contribution in [0.5, 0.6) is 11.5 Å². The molecule has 28 heavy (non-hydrogen) atoms. The highest BCUT2D eigenvalue weighted by molar-refractivity contribution is 6.01. The highest BCUT2D eigenvalue weighted by Crippen LogP contribution is 2.43. The van der Waals surface area contributed by atoms with E-state index in [1.54, 1.807) is 6.07 Å². The van der Waals surface area contributed by atoms with Crippen molar-refractivity contribution in [1.82, 2.24) is 0 Å². The van der Waals surface area contributed by atoms with Crippen molar-refractivity contribution < 1.29 is 14.6 Å². The van der Waals surface area contributed by atoms with Gasteiger partial charge in [0.05, 0.1) is 12.0 Å². The summed E-state index contributed by atoms with van der Waals surface area (Å²) >= 11 is 0. The molecule has 1 atom stereocenters. The molecule has 146 valence electrons. The summed E-state index contributed by atoms with van der Waals surface area (Å²) in [5.74, 6) is 0.823. The van der Waals surface area contributed by atoms with Crippen LogP contribution in [0.3, 0.4) is 0 Å². The number of allylic oxidation sites excluding steroid dienone is 4. The molecular formula is C25H28O3. The maximum absolute atomic E-state index is 13.0. The molecule has 1 aliphatic heterocycles. The van der Waals surface area contributed by atoms with E-state index < -0.39 is 0 Å². The van der Waals surface area contributed by atoms with Gasteiger partial charge in [0.25, 0.3) is 0 Å². The van der Waals surface area contributed by atoms with Gasteiger partial charge in [-0.1, -0.05) is 53.6 Å². The lowest BCUT2D eigenvalue weighted by molar-refractivity contribution is 0.0847. The average Bonchev–Trinajstić information content (AvgIpc) is 2.66. The highest BCUT2D eigenvalue weighted by atomic mass is 16.5. The van der Waals surface area contributed by atoms with Crippen molar-refractivity contribution in [2.75, 3.05) is 0 Å². The first-order valence-electron chi connectivity index (χ1n) is 9.76. The summed E-state index contributed by atoms with van der Waals surface area (Å²) in [7, 11) is 0. The van der Waals surface area contributed by atoms with E-state index in [9.17, 15) is 9.90 Å². The summed E-state index contributed by atoms with van der Waals surface area (Å²) < 4.78 is 6.29. The number of ketones is 1. The van der Waals surface area contributed by atoms with Gasteiger partial charge in [-0.15, -0.1) is 0 Å². The van der Waals surface area contributed by atoms with Crippen LogP contribution in [-0.2, 0) is 12.8 Å². The van der Waals surface area contributed by atoms with Crippen LogP contribution in [0.2, 0.25) is 0 Å². The molecule has 3 nitrogen and oxygen atoms in total. The molecule has 2 aromatic rings. The predicted molar refractivity (Wildman–Crippen MR) is 113 cm³/mol. The van der Waals surface area contributed by atoms with Crippen LogP contribution in [0.1, 0.15) is 67.3 Å². The molecule has 0 unspecified atom stereocenters. The number of hydrogen-bond acceptors (Lipinski definition) is 3. The largest absolute Gasteiger partial charge is 0.507 e. The number of fused-ring (bicyclic) bond motifs is 1. The minimum absolute atomic E-state index is 0.0620. The zero-order valence-corrected chi connectivity index (χ0v) is 17.1. The first kappa shape index (κ1) is 19.9. The van der Waals surface area contributed by atoms with Gasteiger partial charge < -0.3 is 9.84 Å². The van der Waals surface area contributed by atoms with Crippen molar-refractivity contribution in [1.29, 1.82) is 0 Å². The zero-order valence-electron chi connectivity index (χ0n) is 17.1. The molecule has 0 fully saturated rings. The van der Waals surface area contributed by atoms with E-state index in [1.807, 2.05) is 58.0 Å². The molecule has 0 bridgehead atoms. The van der Waals surface area contributed by atoms with Crippen LogP contribution in [0.15, 0.2) is 59.7 Å². The van der Waals surface area contributed by atoms with Crippen LogP contribution >= 0.6 is 0 Å². The first-order valence-corrected chi connectivity index (χ1v) is 9.76. The van der Waals surface area contributed by atoms with Gasteiger partial charge in [0.2, 0.25) is 0 Å². The van der Waals surface area contributed by atoms with E-state index in [0.717, 1.165) is 16.7 Å². The Hall–Kier alpha value is -2.81. The zero-order chi connectivity index (χ0) is 20.3. The second kappa shape index (κ2) is 8.47. The fourth-order valence-electron chi connectivity index (χ4n) is 3.39. The normalized spacial score (nSPS) is 15.4. The lowest BCUT2D eigenvalue weighted by atomic mass is 9.90. The summed E-state index contributed by atoms with van der Waals surface area (Å²) in [5.41, 5.74) is 5.36. The summed E-state index contributed by atoms with van der Waals surface area (Å²) in [6.07, 6.45) is 5.24. The standard InChI is InChI=1S/C25H28O3/c1-16(2)10-12-19-14-21-22(26)15-23(18-8-6-5-7-9-18)28-25(21)20(24(19)27)13-11-17(3)4/h5-11,14,23,27H,12-13,15H2,1-4H3/t23-/m0/s1. The molecule has 1 heterocycles. The molecule has 0 aromatic heterocycles. The van der Waals surface area contributed by atoms with Crippen LogP contribution in [-0.4, -0.2) is 10.9 Å². The van der Waals surface area contributed by atoms with E-state index in [4.69, 9.17) is 4.74 Å². The number of carbonyl (C=O) groups is 1. The number of hydrogen-bond donors (Lipinski definition) is 1.